The second-order valence-electron chi connectivity index (χ2n) is 13.7. The summed E-state index contributed by atoms with van der Waals surface area (Å²) < 4.78 is 0. The molecule has 0 bridgehead atoms. The highest BCUT2D eigenvalue weighted by atomic mass is 16.3. The van der Waals surface area contributed by atoms with Crippen LogP contribution in [0, 0.1) is 6.92 Å². The third-order valence-corrected chi connectivity index (χ3v) is 7.82. The third-order valence-electron chi connectivity index (χ3n) is 7.82. The van der Waals surface area contributed by atoms with E-state index in [0.717, 1.165) is 33.8 Å². The van der Waals surface area contributed by atoms with Crippen molar-refractivity contribution in [3.8, 4) is 23.0 Å². The molecule has 0 aliphatic carbocycles. The van der Waals surface area contributed by atoms with E-state index in [1.54, 1.807) is 48.8 Å². The van der Waals surface area contributed by atoms with Crippen LogP contribution in [0.2, 0.25) is 0 Å². The van der Waals surface area contributed by atoms with Crippen molar-refractivity contribution in [2.45, 2.75) is 59.5 Å². The summed E-state index contributed by atoms with van der Waals surface area (Å²) in [4.78, 5) is 20.2. The van der Waals surface area contributed by atoms with Crippen LogP contribution in [0.3, 0.4) is 0 Å². The molecule has 0 saturated heterocycles. The maximum Gasteiger partial charge on any atom is 0.126 e. The van der Waals surface area contributed by atoms with E-state index < -0.39 is 11.1 Å². The van der Waals surface area contributed by atoms with Crippen LogP contribution in [0.15, 0.2) is 105 Å². The van der Waals surface area contributed by atoms with E-state index in [-0.39, 0.29) is 23.0 Å². The number of hydrogen-bond acceptors (Lipinski definition) is 9. The van der Waals surface area contributed by atoms with E-state index >= 15 is 0 Å². The maximum absolute atomic E-state index is 10.2. The number of phenolic OH excluding ortho intramolecular Hbond substituents is 4. The van der Waals surface area contributed by atoms with E-state index in [4.69, 9.17) is 0 Å². The summed E-state index contributed by atoms with van der Waals surface area (Å²) in [6.07, 6.45) is 3.36. The highest BCUT2D eigenvalue weighted by Crippen LogP contribution is 2.24. The standard InChI is InChI=1S/C21H27N3O2.C20H24N2O2/c1-15(18-8-6-7-9-19(18)25)22-14-21(2,3)23-13-16-10-11-17(24(4)5)12-20(16)26;1-14-9-10-16(19(24)11-14)12-22-20(3,4)13-21-15(2)17-7-5-6-8-18(17)23/h6-13,25-26H,14H2,1-5H3;5-12,23-24H,13H2,1-4H3. The monoisotopic (exact) mass is 677 g/mol. The van der Waals surface area contributed by atoms with Gasteiger partial charge in [-0.25, -0.2) is 0 Å². The van der Waals surface area contributed by atoms with Gasteiger partial charge in [0.05, 0.1) is 24.2 Å². The van der Waals surface area contributed by atoms with Crippen LogP contribution >= 0.6 is 0 Å². The highest BCUT2D eigenvalue weighted by molar-refractivity contribution is 6.01. The molecule has 264 valence electrons. The zero-order valence-electron chi connectivity index (χ0n) is 30.7. The number of aromatic hydroxyl groups is 4. The minimum Gasteiger partial charge on any atom is -0.507 e. The van der Waals surface area contributed by atoms with Crippen LogP contribution in [-0.2, 0) is 0 Å². The molecule has 0 unspecified atom stereocenters. The maximum atomic E-state index is 10.2. The molecule has 0 aliphatic rings. The van der Waals surface area contributed by atoms with Gasteiger partial charge in [0.1, 0.15) is 23.0 Å². The number of rotatable bonds is 11. The van der Waals surface area contributed by atoms with Crippen LogP contribution in [0.25, 0.3) is 0 Å². The fourth-order valence-corrected chi connectivity index (χ4v) is 4.61. The third kappa shape index (κ3) is 11.9. The predicted molar refractivity (Wildman–Crippen MR) is 209 cm³/mol. The van der Waals surface area contributed by atoms with Gasteiger partial charge in [0.15, 0.2) is 0 Å². The van der Waals surface area contributed by atoms with Crippen molar-refractivity contribution < 1.29 is 20.4 Å². The Bertz CT molecular complexity index is 1870. The molecule has 0 aliphatic heterocycles. The number of benzene rings is 4. The number of para-hydroxylation sites is 2. The number of hydrogen-bond donors (Lipinski definition) is 4. The SMILES string of the molecule is CC(=NCC(C)(C)N=Cc1ccc(C)cc1O)c1ccccc1O.CC(=NCC(C)(C)N=Cc1ccc(N(C)C)cc1O)c1ccccc1O. The fourth-order valence-electron chi connectivity index (χ4n) is 4.61. The Labute approximate surface area is 296 Å². The summed E-state index contributed by atoms with van der Waals surface area (Å²) in [6, 6.07) is 25.3. The average molecular weight is 678 g/mol. The lowest BCUT2D eigenvalue weighted by atomic mass is 10.1. The first-order chi connectivity index (χ1) is 23.5. The molecule has 4 aromatic rings. The molecule has 9 nitrogen and oxygen atoms in total. The van der Waals surface area contributed by atoms with E-state index in [2.05, 4.69) is 20.0 Å². The first kappa shape index (κ1) is 39.0. The first-order valence-corrected chi connectivity index (χ1v) is 16.5. The lowest BCUT2D eigenvalue weighted by molar-refractivity contribution is 0.473. The van der Waals surface area contributed by atoms with E-state index in [1.807, 2.05) is 116 Å². The molecule has 4 rings (SSSR count). The first-order valence-electron chi connectivity index (χ1n) is 16.5. The summed E-state index contributed by atoms with van der Waals surface area (Å²) in [5.74, 6) is 0.874. The second kappa shape index (κ2) is 17.3. The lowest BCUT2D eigenvalue weighted by Crippen LogP contribution is -2.22. The molecule has 0 heterocycles. The van der Waals surface area contributed by atoms with E-state index in [9.17, 15) is 20.4 Å². The van der Waals surface area contributed by atoms with Crippen LogP contribution in [0.4, 0.5) is 5.69 Å². The quantitative estimate of drug-likeness (QED) is 0.120. The second-order valence-corrected chi connectivity index (χ2v) is 13.7. The minimum atomic E-state index is -0.432. The van der Waals surface area contributed by atoms with Crippen molar-refractivity contribution in [2.24, 2.45) is 20.0 Å². The molecule has 4 N–H and O–H groups in total. The van der Waals surface area contributed by atoms with Crippen molar-refractivity contribution in [1.29, 1.82) is 0 Å². The van der Waals surface area contributed by atoms with Gasteiger partial charge >= 0.3 is 0 Å². The Hall–Kier alpha value is -5.44. The molecule has 0 fully saturated rings. The van der Waals surface area contributed by atoms with Gasteiger partial charge in [-0.2, -0.15) is 0 Å². The summed E-state index contributed by atoms with van der Waals surface area (Å²) in [6.45, 7) is 14.6. The van der Waals surface area contributed by atoms with Crippen molar-refractivity contribution in [3.63, 3.8) is 0 Å². The Morgan fingerprint density at radius 1 is 0.600 bits per heavy atom. The fraction of sp³-hybridized carbons (Fsp3) is 0.317. The van der Waals surface area contributed by atoms with Gasteiger partial charge in [-0.15, -0.1) is 0 Å². The van der Waals surface area contributed by atoms with Crippen molar-refractivity contribution >= 4 is 29.5 Å². The number of anilines is 1. The zero-order chi connectivity index (χ0) is 37.1. The van der Waals surface area contributed by atoms with E-state index in [1.165, 1.54) is 0 Å². The molecule has 0 amide bonds. The predicted octanol–water partition coefficient (Wildman–Crippen LogP) is 7.98. The van der Waals surface area contributed by atoms with Crippen molar-refractivity contribution in [3.05, 3.63) is 113 Å². The van der Waals surface area contributed by atoms with Crippen molar-refractivity contribution in [1.82, 2.24) is 0 Å². The Kier molecular flexibility index (Phi) is 13.5. The molecular formula is C41H51N5O4. The zero-order valence-corrected chi connectivity index (χ0v) is 30.7. The van der Waals surface area contributed by atoms with Crippen LogP contribution in [0.1, 0.15) is 69.4 Å². The van der Waals surface area contributed by atoms with Gasteiger partial charge in [0, 0.05) is 72.0 Å². The number of aryl methyl sites for hydroxylation is 1. The largest absolute Gasteiger partial charge is 0.507 e. The molecule has 0 atom stereocenters. The molecule has 0 aromatic heterocycles. The molecule has 9 heteroatoms. The van der Waals surface area contributed by atoms with Gasteiger partial charge < -0.3 is 25.3 Å². The molecule has 0 spiro atoms. The van der Waals surface area contributed by atoms with Crippen LogP contribution in [0.5, 0.6) is 23.0 Å². The Morgan fingerprint density at radius 2 is 1.02 bits per heavy atom. The minimum absolute atomic E-state index is 0.199. The summed E-state index contributed by atoms with van der Waals surface area (Å²) in [7, 11) is 3.85. The molecule has 4 aromatic carbocycles. The van der Waals surface area contributed by atoms with Gasteiger partial charge in [0.25, 0.3) is 0 Å². The summed E-state index contributed by atoms with van der Waals surface area (Å²) in [5.41, 5.74) is 5.45. The number of aliphatic imine (C=N–C) groups is 4. The van der Waals surface area contributed by atoms with E-state index in [0.29, 0.717) is 24.2 Å². The Balaban J connectivity index is 0.000000271. The van der Waals surface area contributed by atoms with Gasteiger partial charge in [-0.3, -0.25) is 20.0 Å². The van der Waals surface area contributed by atoms with Crippen LogP contribution in [-0.4, -0.2) is 82.5 Å². The lowest BCUT2D eigenvalue weighted by Gasteiger charge is -2.18. The van der Waals surface area contributed by atoms with Gasteiger partial charge in [0.2, 0.25) is 0 Å². The molecule has 50 heavy (non-hydrogen) atoms. The van der Waals surface area contributed by atoms with Gasteiger partial charge in [-0.05, 0) is 103 Å². The number of phenols is 4. The molecule has 0 radical (unpaired) electrons. The summed E-state index contributed by atoms with van der Waals surface area (Å²) >= 11 is 0. The molecule has 0 saturated carbocycles. The van der Waals surface area contributed by atoms with Crippen molar-refractivity contribution in [2.75, 3.05) is 32.1 Å². The number of nitrogens with zero attached hydrogens (tertiary/aromatic N) is 5. The summed E-state index contributed by atoms with van der Waals surface area (Å²) in [5, 5.41) is 39.9. The molecular weight excluding hydrogens is 626 g/mol. The topological polar surface area (TPSA) is 134 Å². The Morgan fingerprint density at radius 3 is 1.42 bits per heavy atom. The normalized spacial score (nSPS) is 12.7. The highest BCUT2D eigenvalue weighted by Gasteiger charge is 2.17. The smallest absolute Gasteiger partial charge is 0.126 e. The average Bonchev–Trinajstić information content (AvgIpc) is 3.06. The van der Waals surface area contributed by atoms with Gasteiger partial charge in [-0.1, -0.05) is 30.3 Å². The van der Waals surface area contributed by atoms with Crippen LogP contribution < -0.4 is 4.90 Å².